The van der Waals surface area contributed by atoms with Crippen LogP contribution in [0.3, 0.4) is 0 Å². The van der Waals surface area contributed by atoms with Gasteiger partial charge in [-0.15, -0.1) is 24.8 Å². The van der Waals surface area contributed by atoms with Gasteiger partial charge in [0.1, 0.15) is 0 Å². The summed E-state index contributed by atoms with van der Waals surface area (Å²) in [6.07, 6.45) is 3.76. The van der Waals surface area contributed by atoms with Gasteiger partial charge >= 0.3 is 6.16 Å². The van der Waals surface area contributed by atoms with Crippen molar-refractivity contribution in [3.8, 4) is 0 Å². The zero-order valence-corrected chi connectivity index (χ0v) is 11.5. The Morgan fingerprint density at radius 1 is 1.25 bits per heavy atom. The Labute approximate surface area is 110 Å². The molecule has 0 saturated heterocycles. The minimum absolute atomic E-state index is 0. The van der Waals surface area contributed by atoms with Gasteiger partial charge in [-0.2, -0.15) is 0 Å². The number of carboxylic acid groups (broad SMARTS) is 1. The molecule has 0 aliphatic rings. The molecule has 0 heterocycles. The summed E-state index contributed by atoms with van der Waals surface area (Å²) >= 11 is 0. The number of ether oxygens (including phenoxy) is 1. The van der Waals surface area contributed by atoms with Crippen LogP contribution in [-0.4, -0.2) is 24.0 Å². The molecule has 0 aromatic carbocycles. The first-order chi connectivity index (χ1) is 6.70. The molecule has 100 valence electrons. The maximum absolute atomic E-state index is 10.3. The highest BCUT2D eigenvalue weighted by Gasteiger charge is 2.10. The number of carbonyl (C=O) groups is 1. The second kappa shape index (κ2) is 14.8. The van der Waals surface area contributed by atoms with E-state index < -0.39 is 6.16 Å². The first kappa shape index (κ1) is 21.1. The molecule has 6 heteroatoms. The smallest absolute Gasteiger partial charge is 0.450 e. The van der Waals surface area contributed by atoms with Crippen LogP contribution < -0.4 is 5.32 Å². The number of nitrogens with one attached hydrogen (secondary N) is 1. The third-order valence-corrected chi connectivity index (χ3v) is 1.99. The Balaban J connectivity index is -0.000000845. The molecule has 0 aromatic heterocycles. The average molecular weight is 276 g/mol. The second-order valence-corrected chi connectivity index (χ2v) is 3.28. The fraction of sp³-hybridized carbons (Fsp3) is 0.900. The monoisotopic (exact) mass is 275 g/mol. The standard InChI is InChI=1S/C10H21NO3.2ClH/c1-3-5-6-7-8-9(11-4-2)14-10(12)13;;/h9,11H,3-8H2,1-2H3,(H,12,13);2*1H. The van der Waals surface area contributed by atoms with Crippen LogP contribution >= 0.6 is 24.8 Å². The summed E-state index contributed by atoms with van der Waals surface area (Å²) in [6.45, 7) is 4.81. The van der Waals surface area contributed by atoms with Crippen molar-refractivity contribution >= 4 is 31.0 Å². The third kappa shape index (κ3) is 13.8. The van der Waals surface area contributed by atoms with Crippen LogP contribution in [0.15, 0.2) is 0 Å². The van der Waals surface area contributed by atoms with Gasteiger partial charge in [0.2, 0.25) is 0 Å². The van der Waals surface area contributed by atoms with E-state index in [0.717, 1.165) is 25.8 Å². The molecule has 0 saturated carbocycles. The highest BCUT2D eigenvalue weighted by molar-refractivity contribution is 5.85. The van der Waals surface area contributed by atoms with Gasteiger partial charge in [-0.3, -0.25) is 5.32 Å². The Bertz CT molecular complexity index is 159. The topological polar surface area (TPSA) is 58.6 Å². The van der Waals surface area contributed by atoms with Gasteiger partial charge in [0, 0.05) is 0 Å². The fourth-order valence-corrected chi connectivity index (χ4v) is 1.31. The predicted molar refractivity (Wildman–Crippen MR) is 69.8 cm³/mol. The number of unbranched alkanes of at least 4 members (excludes halogenated alkanes) is 3. The van der Waals surface area contributed by atoms with E-state index in [1.807, 2.05) is 6.92 Å². The van der Waals surface area contributed by atoms with Crippen LogP contribution in [0.5, 0.6) is 0 Å². The number of hydrogen-bond acceptors (Lipinski definition) is 3. The number of rotatable bonds is 8. The summed E-state index contributed by atoms with van der Waals surface area (Å²) in [7, 11) is 0. The van der Waals surface area contributed by atoms with Gasteiger partial charge in [0.25, 0.3) is 0 Å². The highest BCUT2D eigenvalue weighted by Crippen LogP contribution is 2.06. The Hall–Kier alpha value is -0.190. The summed E-state index contributed by atoms with van der Waals surface area (Å²) in [5, 5.41) is 11.4. The van der Waals surface area contributed by atoms with Crippen LogP contribution in [0.25, 0.3) is 0 Å². The molecule has 16 heavy (non-hydrogen) atoms. The van der Waals surface area contributed by atoms with Gasteiger partial charge in [-0.25, -0.2) is 4.79 Å². The maximum atomic E-state index is 10.3. The third-order valence-electron chi connectivity index (χ3n) is 1.99. The van der Waals surface area contributed by atoms with E-state index >= 15 is 0 Å². The summed E-state index contributed by atoms with van der Waals surface area (Å²) < 4.78 is 4.68. The molecule has 0 amide bonds. The van der Waals surface area contributed by atoms with E-state index in [2.05, 4.69) is 17.0 Å². The minimum Gasteiger partial charge on any atom is -0.450 e. The Morgan fingerprint density at radius 2 is 1.88 bits per heavy atom. The number of halogens is 2. The molecular weight excluding hydrogens is 253 g/mol. The van der Waals surface area contributed by atoms with Gasteiger partial charge in [-0.05, 0) is 19.4 Å². The lowest BCUT2D eigenvalue weighted by atomic mass is 10.1. The second-order valence-electron chi connectivity index (χ2n) is 3.28. The van der Waals surface area contributed by atoms with Crippen LogP contribution in [-0.2, 0) is 4.74 Å². The van der Waals surface area contributed by atoms with E-state index in [9.17, 15) is 4.79 Å². The minimum atomic E-state index is -1.20. The first-order valence-corrected chi connectivity index (χ1v) is 5.33. The van der Waals surface area contributed by atoms with Crippen molar-refractivity contribution in [3.63, 3.8) is 0 Å². The molecule has 0 rings (SSSR count). The summed E-state index contributed by atoms with van der Waals surface area (Å²) in [4.78, 5) is 10.3. The summed E-state index contributed by atoms with van der Waals surface area (Å²) in [5.74, 6) is 0. The van der Waals surface area contributed by atoms with Crippen LogP contribution in [0.4, 0.5) is 4.79 Å². The molecule has 0 aliphatic carbocycles. The molecule has 0 bridgehead atoms. The van der Waals surface area contributed by atoms with Crippen molar-refractivity contribution in [3.05, 3.63) is 0 Å². The average Bonchev–Trinajstić information content (AvgIpc) is 2.12. The molecule has 1 atom stereocenters. The van der Waals surface area contributed by atoms with Crippen molar-refractivity contribution in [2.45, 2.75) is 52.2 Å². The lowest BCUT2D eigenvalue weighted by Gasteiger charge is -2.16. The molecule has 0 fully saturated rings. The molecular formula is C10H23Cl2NO3. The Kier molecular flexibility index (Phi) is 19.6. The molecule has 0 aromatic rings. The van der Waals surface area contributed by atoms with E-state index in [1.165, 1.54) is 12.8 Å². The predicted octanol–water partition coefficient (Wildman–Crippen LogP) is 3.43. The van der Waals surface area contributed by atoms with E-state index in [-0.39, 0.29) is 31.0 Å². The Morgan fingerprint density at radius 3 is 2.31 bits per heavy atom. The van der Waals surface area contributed by atoms with Gasteiger partial charge < -0.3 is 9.84 Å². The number of hydrogen-bond donors (Lipinski definition) is 2. The first-order valence-electron chi connectivity index (χ1n) is 5.33. The maximum Gasteiger partial charge on any atom is 0.507 e. The normalized spacial score (nSPS) is 10.9. The van der Waals surface area contributed by atoms with E-state index in [4.69, 9.17) is 5.11 Å². The lowest BCUT2D eigenvalue weighted by molar-refractivity contribution is 0.0326. The van der Waals surface area contributed by atoms with Gasteiger partial charge in [0.05, 0.1) is 0 Å². The fourth-order valence-electron chi connectivity index (χ4n) is 1.31. The van der Waals surface area contributed by atoms with Crippen molar-refractivity contribution in [2.75, 3.05) is 6.54 Å². The molecule has 0 radical (unpaired) electrons. The van der Waals surface area contributed by atoms with Gasteiger partial charge in [0.15, 0.2) is 6.23 Å². The quantitative estimate of drug-likeness (QED) is 0.405. The van der Waals surface area contributed by atoms with Gasteiger partial charge in [-0.1, -0.05) is 33.1 Å². The molecule has 0 aliphatic heterocycles. The molecule has 0 spiro atoms. The highest BCUT2D eigenvalue weighted by atomic mass is 35.5. The SMILES string of the molecule is CCCCCCC(NCC)OC(=O)O.Cl.Cl. The lowest BCUT2D eigenvalue weighted by Crippen LogP contribution is -2.33. The zero-order valence-electron chi connectivity index (χ0n) is 9.90. The van der Waals surface area contributed by atoms with Crippen molar-refractivity contribution < 1.29 is 14.6 Å². The van der Waals surface area contributed by atoms with Crippen molar-refractivity contribution in [1.82, 2.24) is 5.32 Å². The summed E-state index contributed by atoms with van der Waals surface area (Å²) in [6, 6.07) is 0. The van der Waals surface area contributed by atoms with Crippen LogP contribution in [0, 0.1) is 0 Å². The van der Waals surface area contributed by atoms with E-state index in [1.54, 1.807) is 0 Å². The van der Waals surface area contributed by atoms with Crippen LogP contribution in [0.1, 0.15) is 46.0 Å². The molecule has 4 nitrogen and oxygen atoms in total. The van der Waals surface area contributed by atoms with Crippen molar-refractivity contribution in [1.29, 1.82) is 0 Å². The molecule has 2 N–H and O–H groups in total. The largest absolute Gasteiger partial charge is 0.507 e. The van der Waals surface area contributed by atoms with Crippen molar-refractivity contribution in [2.24, 2.45) is 0 Å². The summed E-state index contributed by atoms with van der Waals surface area (Å²) in [5.41, 5.74) is 0. The zero-order chi connectivity index (χ0) is 10.8. The molecule has 1 unspecified atom stereocenters. The van der Waals surface area contributed by atoms with Crippen LogP contribution in [0.2, 0.25) is 0 Å². The van der Waals surface area contributed by atoms with E-state index in [0.29, 0.717) is 0 Å².